The summed E-state index contributed by atoms with van der Waals surface area (Å²) in [5.41, 5.74) is 0. The number of rotatable bonds is 6. The molecule has 1 aromatic carbocycles. The van der Waals surface area contributed by atoms with Gasteiger partial charge in [0.15, 0.2) is 18.2 Å². The molecular weight excluding hydrogens is 334 g/mol. The number of carbonyl (C=O) groups excluding carboxylic acids is 2. The third kappa shape index (κ3) is 3.73. The van der Waals surface area contributed by atoms with Crippen molar-refractivity contribution < 1.29 is 27.8 Å². The number of likely N-dealkylation sites (tertiary alicyclic amines) is 2. The summed E-state index contributed by atoms with van der Waals surface area (Å²) in [4.78, 5) is 27.9. The highest BCUT2D eigenvalue weighted by Crippen LogP contribution is 2.32. The van der Waals surface area contributed by atoms with Crippen molar-refractivity contribution in [1.29, 1.82) is 0 Å². The predicted octanol–water partition coefficient (Wildman–Crippen LogP) is 0.907. The van der Waals surface area contributed by atoms with Crippen LogP contribution in [-0.2, 0) is 14.3 Å². The highest BCUT2D eigenvalue weighted by atomic mass is 19.1. The second kappa shape index (κ2) is 7.35. The normalized spacial score (nSPS) is 22.4. The van der Waals surface area contributed by atoms with Crippen LogP contribution in [-0.4, -0.2) is 68.1 Å². The molecule has 0 N–H and O–H groups in total. The predicted molar refractivity (Wildman–Crippen MR) is 83.9 cm³/mol. The number of hydrogen-bond acceptors (Lipinski definition) is 4. The van der Waals surface area contributed by atoms with Gasteiger partial charge in [0.05, 0.1) is 12.5 Å². The molecule has 3 rings (SSSR count). The molecule has 0 unspecified atom stereocenters. The van der Waals surface area contributed by atoms with Crippen LogP contribution in [0.2, 0.25) is 0 Å². The fraction of sp³-hybridized carbons (Fsp3) is 0.529. The largest absolute Gasteiger partial charge is 0.481 e. The first-order valence-electron chi connectivity index (χ1n) is 8.13. The summed E-state index contributed by atoms with van der Waals surface area (Å²) in [6.07, 6.45) is 0. The second-order valence-corrected chi connectivity index (χ2v) is 6.31. The molecule has 136 valence electrons. The van der Waals surface area contributed by atoms with E-state index in [4.69, 9.17) is 9.47 Å². The van der Waals surface area contributed by atoms with E-state index in [-0.39, 0.29) is 36.0 Å². The van der Waals surface area contributed by atoms with Crippen molar-refractivity contribution in [3.8, 4) is 5.75 Å². The van der Waals surface area contributed by atoms with Crippen molar-refractivity contribution in [3.63, 3.8) is 0 Å². The van der Waals surface area contributed by atoms with Crippen molar-refractivity contribution in [3.05, 3.63) is 29.8 Å². The average molecular weight is 354 g/mol. The third-order valence-corrected chi connectivity index (χ3v) is 4.69. The molecule has 0 aliphatic carbocycles. The first-order chi connectivity index (χ1) is 12.0. The van der Waals surface area contributed by atoms with Crippen molar-refractivity contribution in [2.45, 2.75) is 0 Å². The molecule has 0 spiro atoms. The average Bonchev–Trinajstić information content (AvgIpc) is 3.13. The lowest BCUT2D eigenvalue weighted by molar-refractivity contribution is -0.134. The van der Waals surface area contributed by atoms with Crippen LogP contribution in [0.4, 0.5) is 8.78 Å². The molecule has 1 aromatic rings. The molecule has 2 saturated heterocycles. The molecule has 25 heavy (non-hydrogen) atoms. The van der Waals surface area contributed by atoms with Crippen molar-refractivity contribution in [2.24, 2.45) is 11.8 Å². The maximum absolute atomic E-state index is 13.5. The Morgan fingerprint density at radius 2 is 2.08 bits per heavy atom. The Morgan fingerprint density at radius 3 is 2.80 bits per heavy atom. The highest BCUT2D eigenvalue weighted by molar-refractivity contribution is 5.85. The van der Waals surface area contributed by atoms with Gasteiger partial charge in [0.1, 0.15) is 5.82 Å². The molecule has 2 fully saturated rings. The van der Waals surface area contributed by atoms with Gasteiger partial charge in [-0.15, -0.1) is 0 Å². The molecule has 2 aliphatic heterocycles. The minimum absolute atomic E-state index is 0.0365. The molecule has 2 amide bonds. The number of halogens is 2. The molecular formula is C17H20F2N2O4. The molecule has 2 atom stereocenters. The van der Waals surface area contributed by atoms with Crippen LogP contribution in [0.15, 0.2) is 18.2 Å². The number of nitrogens with zero attached hydrogens (tertiary/aromatic N) is 2. The Morgan fingerprint density at radius 1 is 1.28 bits per heavy atom. The first-order valence-corrected chi connectivity index (χ1v) is 8.13. The lowest BCUT2D eigenvalue weighted by Crippen LogP contribution is -2.38. The monoisotopic (exact) mass is 354 g/mol. The van der Waals surface area contributed by atoms with E-state index in [1.54, 1.807) is 16.9 Å². The summed E-state index contributed by atoms with van der Waals surface area (Å²) in [6, 6.07) is 2.83. The Balaban J connectivity index is 1.52. The van der Waals surface area contributed by atoms with Gasteiger partial charge in [-0.05, 0) is 12.1 Å². The minimum atomic E-state index is -0.726. The lowest BCUT2D eigenvalue weighted by Gasteiger charge is -2.21. The van der Waals surface area contributed by atoms with E-state index in [0.29, 0.717) is 32.8 Å². The van der Waals surface area contributed by atoms with Crippen molar-refractivity contribution in [2.75, 3.05) is 46.5 Å². The number of hydrogen-bond donors (Lipinski definition) is 0. The van der Waals surface area contributed by atoms with E-state index in [9.17, 15) is 18.4 Å². The van der Waals surface area contributed by atoms with Crippen molar-refractivity contribution >= 4 is 11.8 Å². The fourth-order valence-corrected chi connectivity index (χ4v) is 3.37. The maximum Gasteiger partial charge on any atom is 0.260 e. The number of fused-ring (bicyclic) bond motifs is 1. The topological polar surface area (TPSA) is 59.1 Å². The Bertz CT molecular complexity index is 670. The SMILES string of the molecule is COCCN1C[C@@H]2CN(C(=O)COc3cc(F)ccc3F)C[C@@H]2C1=O. The van der Waals surface area contributed by atoms with Gasteiger partial charge in [-0.2, -0.15) is 0 Å². The molecule has 8 heteroatoms. The molecule has 2 aliphatic rings. The van der Waals surface area contributed by atoms with Gasteiger partial charge < -0.3 is 19.3 Å². The minimum Gasteiger partial charge on any atom is -0.481 e. The number of methoxy groups -OCH3 is 1. The zero-order valence-electron chi connectivity index (χ0n) is 13.9. The van der Waals surface area contributed by atoms with Crippen LogP contribution in [0.25, 0.3) is 0 Å². The second-order valence-electron chi connectivity index (χ2n) is 6.31. The van der Waals surface area contributed by atoms with Gasteiger partial charge in [-0.3, -0.25) is 9.59 Å². The molecule has 6 nitrogen and oxygen atoms in total. The lowest BCUT2D eigenvalue weighted by atomic mass is 10.0. The van der Waals surface area contributed by atoms with Gasteiger partial charge in [0.25, 0.3) is 5.91 Å². The maximum atomic E-state index is 13.5. The molecule has 0 bridgehead atoms. The molecule has 0 saturated carbocycles. The van der Waals surface area contributed by atoms with Gasteiger partial charge >= 0.3 is 0 Å². The van der Waals surface area contributed by atoms with Gasteiger partial charge in [-0.25, -0.2) is 8.78 Å². The Hall–Kier alpha value is -2.22. The summed E-state index contributed by atoms with van der Waals surface area (Å²) < 4.78 is 36.7. The zero-order valence-corrected chi connectivity index (χ0v) is 13.9. The number of amides is 2. The summed E-state index contributed by atoms with van der Waals surface area (Å²) in [6.45, 7) is 2.06. The quantitative estimate of drug-likeness (QED) is 0.762. The zero-order chi connectivity index (χ0) is 18.0. The standard InChI is InChI=1S/C17H20F2N2O4/c1-24-5-4-20-7-11-8-21(9-13(11)17(20)23)16(22)10-25-15-6-12(18)2-3-14(15)19/h2-3,6,11,13H,4-5,7-10H2,1H3/t11-,13+/m1/s1. The van der Waals surface area contributed by atoms with Crippen LogP contribution < -0.4 is 4.74 Å². The highest BCUT2D eigenvalue weighted by Gasteiger charge is 2.47. The Kier molecular flexibility index (Phi) is 5.17. The summed E-state index contributed by atoms with van der Waals surface area (Å²) in [7, 11) is 1.59. The van der Waals surface area contributed by atoms with Crippen LogP contribution in [0.3, 0.4) is 0 Å². The van der Waals surface area contributed by atoms with Crippen LogP contribution in [0.1, 0.15) is 0 Å². The number of carbonyl (C=O) groups is 2. The van der Waals surface area contributed by atoms with Gasteiger partial charge in [0.2, 0.25) is 5.91 Å². The summed E-state index contributed by atoms with van der Waals surface area (Å²) >= 11 is 0. The summed E-state index contributed by atoms with van der Waals surface area (Å²) in [5.74, 6) is -2.07. The van der Waals surface area contributed by atoms with E-state index in [2.05, 4.69) is 0 Å². The molecule has 2 heterocycles. The van der Waals surface area contributed by atoms with Crippen LogP contribution >= 0.6 is 0 Å². The van der Waals surface area contributed by atoms with Gasteiger partial charge in [0, 0.05) is 45.3 Å². The van der Waals surface area contributed by atoms with E-state index >= 15 is 0 Å². The van der Waals surface area contributed by atoms with E-state index in [1.165, 1.54) is 0 Å². The Labute approximate surface area is 144 Å². The first kappa shape index (κ1) is 17.6. The van der Waals surface area contributed by atoms with Crippen LogP contribution in [0.5, 0.6) is 5.75 Å². The van der Waals surface area contributed by atoms with Crippen LogP contribution in [0, 0.1) is 23.5 Å². The van der Waals surface area contributed by atoms with Crippen molar-refractivity contribution in [1.82, 2.24) is 9.80 Å². The smallest absolute Gasteiger partial charge is 0.260 e. The van der Waals surface area contributed by atoms with E-state index in [0.717, 1.165) is 18.2 Å². The third-order valence-electron chi connectivity index (χ3n) is 4.69. The van der Waals surface area contributed by atoms with Gasteiger partial charge in [-0.1, -0.05) is 0 Å². The fourth-order valence-electron chi connectivity index (χ4n) is 3.37. The van der Waals surface area contributed by atoms with E-state index < -0.39 is 11.6 Å². The molecule has 0 radical (unpaired) electrons. The van der Waals surface area contributed by atoms with E-state index in [1.807, 2.05) is 0 Å². The summed E-state index contributed by atoms with van der Waals surface area (Å²) in [5, 5.41) is 0. The number of benzene rings is 1. The molecule has 0 aromatic heterocycles. The number of ether oxygens (including phenoxy) is 2.